The zero-order chi connectivity index (χ0) is 13.8. The summed E-state index contributed by atoms with van der Waals surface area (Å²) in [6.07, 6.45) is 7.32. The number of allylic oxidation sites excluding steroid dienone is 2. The van der Waals surface area contributed by atoms with Crippen LogP contribution in [-0.4, -0.2) is 55.8 Å². The monoisotopic (exact) mass is 259 g/mol. The van der Waals surface area contributed by atoms with Gasteiger partial charge in [-0.15, -0.1) is 0 Å². The number of hydrogen-bond acceptors (Lipinski definition) is 3. The van der Waals surface area contributed by atoms with E-state index in [-0.39, 0.29) is 0 Å². The molecule has 104 valence electrons. The highest BCUT2D eigenvalue weighted by Gasteiger charge is 2.23. The Morgan fingerprint density at radius 2 is 2.11 bits per heavy atom. The van der Waals surface area contributed by atoms with Crippen LogP contribution in [-0.2, 0) is 0 Å². The lowest BCUT2D eigenvalue weighted by Crippen LogP contribution is -2.41. The van der Waals surface area contributed by atoms with Crippen molar-refractivity contribution in [1.29, 1.82) is 0 Å². The van der Waals surface area contributed by atoms with E-state index in [1.165, 1.54) is 24.1 Å². The summed E-state index contributed by atoms with van der Waals surface area (Å²) < 4.78 is 0. The van der Waals surface area contributed by atoms with Gasteiger partial charge in [-0.1, -0.05) is 13.2 Å². The van der Waals surface area contributed by atoms with Crippen LogP contribution in [0.4, 0.5) is 0 Å². The van der Waals surface area contributed by atoms with Gasteiger partial charge in [0.05, 0.1) is 0 Å². The van der Waals surface area contributed by atoms with E-state index in [4.69, 9.17) is 0 Å². The maximum atomic E-state index is 4.29. The minimum absolute atomic E-state index is 0.712. The van der Waals surface area contributed by atoms with Crippen LogP contribution in [0.25, 0.3) is 0 Å². The normalized spacial score (nSPS) is 23.9. The molecule has 0 aromatic rings. The smallest absolute Gasteiger partial charge is 0.0430 e. The molecule has 2 heterocycles. The highest BCUT2D eigenvalue weighted by atomic mass is 15.2. The molecule has 0 spiro atoms. The number of hydrogen-bond donors (Lipinski definition) is 0. The van der Waals surface area contributed by atoms with Gasteiger partial charge in [-0.3, -0.25) is 4.99 Å². The van der Waals surface area contributed by atoms with Gasteiger partial charge >= 0.3 is 0 Å². The summed E-state index contributed by atoms with van der Waals surface area (Å²) in [7, 11) is 4.35. The van der Waals surface area contributed by atoms with Gasteiger partial charge in [0.1, 0.15) is 0 Å². The first kappa shape index (κ1) is 14.1. The lowest BCUT2D eigenvalue weighted by molar-refractivity contribution is 0.172. The predicted octanol–water partition coefficient (Wildman–Crippen LogP) is 2.48. The quantitative estimate of drug-likeness (QED) is 0.775. The Labute approximate surface area is 117 Å². The van der Waals surface area contributed by atoms with Gasteiger partial charge in [0, 0.05) is 37.6 Å². The van der Waals surface area contributed by atoms with Crippen molar-refractivity contribution in [1.82, 2.24) is 9.80 Å². The minimum atomic E-state index is 0.712. The highest BCUT2D eigenvalue weighted by Crippen LogP contribution is 2.26. The van der Waals surface area contributed by atoms with E-state index in [2.05, 4.69) is 42.0 Å². The van der Waals surface area contributed by atoms with E-state index in [1.807, 2.05) is 12.3 Å². The van der Waals surface area contributed by atoms with Gasteiger partial charge in [-0.25, -0.2) is 0 Å². The third-order valence-corrected chi connectivity index (χ3v) is 4.16. The zero-order valence-electron chi connectivity index (χ0n) is 12.2. The Kier molecular flexibility index (Phi) is 4.59. The van der Waals surface area contributed by atoms with Gasteiger partial charge in [0.25, 0.3) is 0 Å². The zero-order valence-corrected chi connectivity index (χ0v) is 12.2. The van der Waals surface area contributed by atoms with Gasteiger partial charge in [0.15, 0.2) is 0 Å². The molecule has 3 heteroatoms. The van der Waals surface area contributed by atoms with Gasteiger partial charge in [-0.05, 0) is 50.6 Å². The molecule has 2 aliphatic heterocycles. The van der Waals surface area contributed by atoms with Crippen molar-refractivity contribution < 1.29 is 0 Å². The van der Waals surface area contributed by atoms with Crippen LogP contribution in [0.5, 0.6) is 0 Å². The molecule has 0 bridgehead atoms. The van der Waals surface area contributed by atoms with Crippen molar-refractivity contribution in [2.75, 3.05) is 33.7 Å². The molecule has 1 saturated heterocycles. The molecule has 2 aliphatic rings. The van der Waals surface area contributed by atoms with Crippen molar-refractivity contribution >= 4 is 6.21 Å². The number of piperidine rings is 1. The first-order chi connectivity index (χ1) is 9.13. The molecular weight excluding hydrogens is 234 g/mol. The molecule has 0 atom stereocenters. The average molecular weight is 259 g/mol. The van der Waals surface area contributed by atoms with Crippen LogP contribution < -0.4 is 0 Å². The first-order valence-corrected chi connectivity index (χ1v) is 7.09. The minimum Gasteiger partial charge on any atom is -0.371 e. The molecule has 2 rings (SSSR count). The van der Waals surface area contributed by atoms with E-state index >= 15 is 0 Å². The first-order valence-electron chi connectivity index (χ1n) is 7.09. The summed E-state index contributed by atoms with van der Waals surface area (Å²) in [5.74, 6) is 0. The van der Waals surface area contributed by atoms with Gasteiger partial charge in [-0.2, -0.15) is 0 Å². The second-order valence-corrected chi connectivity index (χ2v) is 5.56. The maximum absolute atomic E-state index is 4.29. The van der Waals surface area contributed by atoms with Crippen molar-refractivity contribution in [3.63, 3.8) is 0 Å². The molecule has 0 aliphatic carbocycles. The molecule has 19 heavy (non-hydrogen) atoms. The third kappa shape index (κ3) is 3.16. The van der Waals surface area contributed by atoms with Crippen molar-refractivity contribution in [2.45, 2.75) is 25.3 Å². The molecule has 0 aromatic heterocycles. The summed E-state index contributed by atoms with van der Waals surface area (Å²) >= 11 is 0. The van der Waals surface area contributed by atoms with E-state index in [0.29, 0.717) is 6.04 Å². The van der Waals surface area contributed by atoms with E-state index in [9.17, 15) is 0 Å². The SMILES string of the molecule is C=C/C(=C1/CCN=CC1=C)N1CCC(N(C)C)CC1. The molecule has 0 saturated carbocycles. The summed E-state index contributed by atoms with van der Waals surface area (Å²) in [4.78, 5) is 9.09. The largest absolute Gasteiger partial charge is 0.371 e. The maximum Gasteiger partial charge on any atom is 0.0430 e. The van der Waals surface area contributed by atoms with Crippen molar-refractivity contribution in [3.05, 3.63) is 36.1 Å². The lowest BCUT2D eigenvalue weighted by atomic mass is 9.97. The number of likely N-dealkylation sites (tertiary alicyclic amines) is 1. The molecular formula is C16H25N3. The topological polar surface area (TPSA) is 18.8 Å². The molecule has 0 N–H and O–H groups in total. The summed E-state index contributed by atoms with van der Waals surface area (Å²) in [6, 6.07) is 0.712. The summed E-state index contributed by atoms with van der Waals surface area (Å²) in [6.45, 7) is 11.2. The number of aliphatic imine (C=N–C) groups is 1. The van der Waals surface area contributed by atoms with E-state index in [0.717, 1.165) is 31.6 Å². The number of rotatable bonds is 3. The second-order valence-electron chi connectivity index (χ2n) is 5.56. The Balaban J connectivity index is 2.12. The highest BCUT2D eigenvalue weighted by molar-refractivity contribution is 5.85. The molecule has 0 amide bonds. The Bertz CT molecular complexity index is 410. The molecule has 0 unspecified atom stereocenters. The molecule has 1 fully saturated rings. The van der Waals surface area contributed by atoms with E-state index < -0.39 is 0 Å². The number of nitrogens with zero attached hydrogens (tertiary/aromatic N) is 3. The summed E-state index contributed by atoms with van der Waals surface area (Å²) in [5.41, 5.74) is 3.65. The average Bonchev–Trinajstić information content (AvgIpc) is 2.42. The van der Waals surface area contributed by atoms with Crippen LogP contribution in [0.2, 0.25) is 0 Å². The standard InChI is InChI=1S/C16H25N3/c1-5-16(15-6-9-17-12-13(15)2)19-10-7-14(8-11-19)18(3)4/h5,12,14H,1-2,6-11H2,3-4H3/b16-15+. The van der Waals surface area contributed by atoms with E-state index in [1.54, 1.807) is 0 Å². The van der Waals surface area contributed by atoms with Crippen LogP contribution in [0.3, 0.4) is 0 Å². The molecule has 0 radical (unpaired) electrons. The molecule has 0 aromatic carbocycles. The fraction of sp³-hybridized carbons (Fsp3) is 0.562. The Morgan fingerprint density at radius 1 is 1.42 bits per heavy atom. The lowest BCUT2D eigenvalue weighted by Gasteiger charge is -2.38. The van der Waals surface area contributed by atoms with Crippen molar-refractivity contribution in [3.8, 4) is 0 Å². The fourth-order valence-corrected chi connectivity index (χ4v) is 2.95. The van der Waals surface area contributed by atoms with Crippen LogP contribution in [0.15, 0.2) is 41.1 Å². The molecule has 3 nitrogen and oxygen atoms in total. The summed E-state index contributed by atoms with van der Waals surface area (Å²) in [5, 5.41) is 0. The van der Waals surface area contributed by atoms with Crippen LogP contribution in [0, 0.1) is 0 Å². The predicted molar refractivity (Wildman–Crippen MR) is 82.6 cm³/mol. The Morgan fingerprint density at radius 3 is 2.63 bits per heavy atom. The van der Waals surface area contributed by atoms with Gasteiger partial charge in [0.2, 0.25) is 0 Å². The Hall–Kier alpha value is -1.35. The second kappa shape index (κ2) is 6.20. The van der Waals surface area contributed by atoms with Crippen LogP contribution >= 0.6 is 0 Å². The van der Waals surface area contributed by atoms with Gasteiger partial charge < -0.3 is 9.80 Å². The third-order valence-electron chi connectivity index (χ3n) is 4.16. The van der Waals surface area contributed by atoms with Crippen LogP contribution in [0.1, 0.15) is 19.3 Å². The van der Waals surface area contributed by atoms with Crippen molar-refractivity contribution in [2.24, 2.45) is 4.99 Å². The fourth-order valence-electron chi connectivity index (χ4n) is 2.95.